The first kappa shape index (κ1) is 11.2. The number of allylic oxidation sites excluding steroid dienone is 4. The molecule has 0 heterocycles. The smallest absolute Gasteiger partial charge is 0.273 e. The van der Waals surface area contributed by atoms with Gasteiger partial charge in [0.2, 0.25) is 0 Å². The fourth-order valence-corrected chi connectivity index (χ4v) is 0.682. The molecule has 0 aromatic heterocycles. The predicted molar refractivity (Wildman–Crippen MR) is 46.8 cm³/mol. The van der Waals surface area contributed by atoms with E-state index in [1.807, 2.05) is 42.5 Å². The monoisotopic (exact) mass is 198 g/mol. The second-order valence-electron chi connectivity index (χ2n) is 2.08. The molecule has 0 saturated heterocycles. The Kier molecular flexibility index (Phi) is 7.78. The van der Waals surface area contributed by atoms with E-state index in [0.717, 1.165) is 6.42 Å². The van der Waals surface area contributed by atoms with E-state index < -0.39 is 0 Å². The minimum atomic E-state index is 0. The van der Waals surface area contributed by atoms with Crippen molar-refractivity contribution < 1.29 is 17.1 Å². The van der Waals surface area contributed by atoms with Gasteiger partial charge < -0.3 is 0 Å². The summed E-state index contributed by atoms with van der Waals surface area (Å²) in [5.41, 5.74) is 0. The summed E-state index contributed by atoms with van der Waals surface area (Å²) >= 11 is 0. The van der Waals surface area contributed by atoms with Gasteiger partial charge in [0.1, 0.15) is 0 Å². The van der Waals surface area contributed by atoms with Gasteiger partial charge in [-0.05, 0) is 0 Å². The predicted octanol–water partition coefficient (Wildman–Crippen LogP) is 2.79. The largest absolute Gasteiger partial charge is 2.00 e. The van der Waals surface area contributed by atoms with E-state index in [4.69, 9.17) is 0 Å². The van der Waals surface area contributed by atoms with Crippen molar-refractivity contribution in [1.29, 1.82) is 0 Å². The van der Waals surface area contributed by atoms with Crippen molar-refractivity contribution >= 4 is 0 Å². The molecule has 0 unspecified atom stereocenters. The number of hydrogen-bond donors (Lipinski definition) is 0. The third kappa shape index (κ3) is 5.96. The zero-order chi connectivity index (χ0) is 7.78. The van der Waals surface area contributed by atoms with Crippen molar-refractivity contribution in [2.75, 3.05) is 0 Å². The van der Waals surface area contributed by atoms with Crippen molar-refractivity contribution in [3.8, 4) is 0 Å². The van der Waals surface area contributed by atoms with Crippen LogP contribution in [0.15, 0.2) is 48.6 Å². The molecule has 2 rings (SSSR count). The molecule has 1 aromatic rings. The quantitative estimate of drug-likeness (QED) is 0.444. The number of rotatable bonds is 0. The molecule has 0 bridgehead atoms. The van der Waals surface area contributed by atoms with Crippen LogP contribution in [-0.2, 0) is 17.1 Å². The van der Waals surface area contributed by atoms with Gasteiger partial charge in [-0.2, -0.15) is 42.5 Å². The summed E-state index contributed by atoms with van der Waals surface area (Å²) in [6.45, 7) is 0. The molecule has 0 spiro atoms. The zero-order valence-electron chi connectivity index (χ0n) is 6.68. The van der Waals surface area contributed by atoms with Crippen LogP contribution in [0, 0.1) is 12.1 Å². The Hall–Kier alpha value is -0.781. The van der Waals surface area contributed by atoms with E-state index in [1.165, 1.54) is 0 Å². The van der Waals surface area contributed by atoms with E-state index in [-0.39, 0.29) is 17.1 Å². The number of hydrogen-bond acceptors (Lipinski definition) is 0. The molecule has 1 heteroatoms. The van der Waals surface area contributed by atoms with Gasteiger partial charge in [-0.3, -0.25) is 6.08 Å². The summed E-state index contributed by atoms with van der Waals surface area (Å²) in [6.07, 6.45) is 10.0. The first-order valence-corrected chi connectivity index (χ1v) is 3.63. The Bertz CT molecular complexity index is 187. The van der Waals surface area contributed by atoms with E-state index in [2.05, 4.69) is 18.2 Å². The molecular formula is C11H10Fe. The molecule has 1 aromatic carbocycles. The molecule has 1 aliphatic carbocycles. The Balaban J connectivity index is 0.000000189. The normalized spacial score (nSPS) is 11.3. The minimum Gasteiger partial charge on any atom is -0.273 e. The molecule has 0 amide bonds. The molecule has 0 radical (unpaired) electrons. The number of benzene rings is 1. The van der Waals surface area contributed by atoms with Gasteiger partial charge in [0.25, 0.3) is 0 Å². The minimum absolute atomic E-state index is 0. The van der Waals surface area contributed by atoms with E-state index >= 15 is 0 Å². The average molecular weight is 198 g/mol. The summed E-state index contributed by atoms with van der Waals surface area (Å²) in [7, 11) is 0. The summed E-state index contributed by atoms with van der Waals surface area (Å²) in [5.74, 6) is 0. The van der Waals surface area contributed by atoms with Crippen LogP contribution in [0.3, 0.4) is 0 Å². The van der Waals surface area contributed by atoms with Gasteiger partial charge in [-0.25, -0.2) is 12.2 Å². The Morgan fingerprint density at radius 2 is 1.75 bits per heavy atom. The maximum atomic E-state index is 2.99. The van der Waals surface area contributed by atoms with Gasteiger partial charge in [0, 0.05) is 0 Å². The SMILES string of the molecule is [C-]1=CC=CC1.[Fe+2].[c-]1ccccc1. The van der Waals surface area contributed by atoms with Crippen LogP contribution in [0.4, 0.5) is 0 Å². The van der Waals surface area contributed by atoms with Gasteiger partial charge in [0.15, 0.2) is 0 Å². The van der Waals surface area contributed by atoms with E-state index in [1.54, 1.807) is 0 Å². The zero-order valence-corrected chi connectivity index (χ0v) is 7.78. The first-order valence-electron chi connectivity index (χ1n) is 3.63. The second-order valence-corrected chi connectivity index (χ2v) is 2.08. The fraction of sp³-hybridized carbons (Fsp3) is 0.0909. The van der Waals surface area contributed by atoms with Crippen LogP contribution in [-0.4, -0.2) is 0 Å². The summed E-state index contributed by atoms with van der Waals surface area (Å²) < 4.78 is 0. The summed E-state index contributed by atoms with van der Waals surface area (Å²) in [4.78, 5) is 0. The van der Waals surface area contributed by atoms with E-state index in [9.17, 15) is 0 Å². The van der Waals surface area contributed by atoms with Crippen LogP contribution in [0.25, 0.3) is 0 Å². The van der Waals surface area contributed by atoms with Gasteiger partial charge >= 0.3 is 17.1 Å². The van der Waals surface area contributed by atoms with Crippen LogP contribution >= 0.6 is 0 Å². The molecule has 0 saturated carbocycles. The Labute approximate surface area is 84.5 Å². The summed E-state index contributed by atoms with van der Waals surface area (Å²) in [6, 6.07) is 12.5. The third-order valence-electron chi connectivity index (χ3n) is 1.19. The fourth-order valence-electron chi connectivity index (χ4n) is 0.682. The second kappa shape index (κ2) is 8.32. The molecule has 62 valence electrons. The maximum absolute atomic E-state index is 2.99. The van der Waals surface area contributed by atoms with Gasteiger partial charge in [-0.15, -0.1) is 6.42 Å². The van der Waals surface area contributed by atoms with Crippen molar-refractivity contribution in [3.63, 3.8) is 0 Å². The third-order valence-corrected chi connectivity index (χ3v) is 1.19. The van der Waals surface area contributed by atoms with Gasteiger partial charge in [-0.1, -0.05) is 0 Å². The first-order chi connectivity index (χ1) is 5.50. The standard InChI is InChI=1S/C6H5.C5H5.Fe/c1-2-4-6-5-3-1;1-2-4-5-3-1;/h1-5H;1-3H,4H2;/q2*-1;+2. The van der Waals surface area contributed by atoms with Crippen molar-refractivity contribution in [2.24, 2.45) is 0 Å². The summed E-state index contributed by atoms with van der Waals surface area (Å²) in [5, 5.41) is 0. The van der Waals surface area contributed by atoms with Crippen molar-refractivity contribution in [2.45, 2.75) is 6.42 Å². The molecule has 0 fully saturated rings. The molecule has 0 aliphatic heterocycles. The van der Waals surface area contributed by atoms with E-state index in [0.29, 0.717) is 0 Å². The van der Waals surface area contributed by atoms with Crippen LogP contribution < -0.4 is 0 Å². The molecule has 0 N–H and O–H groups in total. The maximum Gasteiger partial charge on any atom is 2.00 e. The topological polar surface area (TPSA) is 0 Å². The van der Waals surface area contributed by atoms with Crippen LogP contribution in [0.5, 0.6) is 0 Å². The average Bonchev–Trinajstić information content (AvgIpc) is 2.64. The van der Waals surface area contributed by atoms with Crippen molar-refractivity contribution in [3.05, 3.63) is 60.7 Å². The van der Waals surface area contributed by atoms with Gasteiger partial charge in [0.05, 0.1) is 0 Å². The van der Waals surface area contributed by atoms with Crippen molar-refractivity contribution in [1.82, 2.24) is 0 Å². The molecule has 0 atom stereocenters. The molecule has 1 aliphatic rings. The van der Waals surface area contributed by atoms with Crippen LogP contribution in [0.1, 0.15) is 6.42 Å². The Morgan fingerprint density at radius 1 is 1.00 bits per heavy atom. The molecule has 0 nitrogen and oxygen atoms in total. The molecule has 12 heavy (non-hydrogen) atoms. The Morgan fingerprint density at radius 3 is 1.92 bits per heavy atom. The molecular weight excluding hydrogens is 188 g/mol. The van der Waals surface area contributed by atoms with Crippen LogP contribution in [0.2, 0.25) is 0 Å².